The van der Waals surface area contributed by atoms with Crippen LogP contribution in [0.25, 0.3) is 10.9 Å². The molecule has 1 atom stereocenters. The van der Waals surface area contributed by atoms with Crippen LogP contribution >= 0.6 is 0 Å². The van der Waals surface area contributed by atoms with Crippen LogP contribution in [0.2, 0.25) is 0 Å². The molecule has 3 aliphatic rings. The maximum absolute atomic E-state index is 13.6. The molecule has 4 aromatic rings. The highest BCUT2D eigenvalue weighted by Crippen LogP contribution is 2.38. The fraction of sp³-hybridized carbons (Fsp3) is 0.407. The lowest BCUT2D eigenvalue weighted by Gasteiger charge is -2.35. The lowest BCUT2D eigenvalue weighted by Crippen LogP contribution is -2.39. The predicted octanol–water partition coefficient (Wildman–Crippen LogP) is 3.90. The van der Waals surface area contributed by atoms with E-state index in [4.69, 9.17) is 9.47 Å². The molecule has 7 rings (SSSR count). The number of nitrogens with one attached hydrogen (secondary N) is 1. The van der Waals surface area contributed by atoms with Crippen molar-refractivity contribution in [2.24, 2.45) is 0 Å². The zero-order chi connectivity index (χ0) is 24.1. The van der Waals surface area contributed by atoms with Crippen LogP contribution in [0.1, 0.15) is 66.7 Å². The van der Waals surface area contributed by atoms with E-state index in [2.05, 4.69) is 49.7 Å². The summed E-state index contributed by atoms with van der Waals surface area (Å²) >= 11 is 0. The number of pyridine rings is 1. The summed E-state index contributed by atoms with van der Waals surface area (Å²) in [6.45, 7) is 1.74. The van der Waals surface area contributed by atoms with E-state index in [1.165, 1.54) is 30.4 Å². The lowest BCUT2D eigenvalue weighted by atomic mass is 9.94. The summed E-state index contributed by atoms with van der Waals surface area (Å²) in [5.41, 5.74) is 3.88. The Kier molecular flexibility index (Phi) is 5.23. The molecule has 0 bridgehead atoms. The van der Waals surface area contributed by atoms with Crippen molar-refractivity contribution in [1.29, 1.82) is 0 Å². The SMILES string of the molecule is O=c1[nH]c2cc3c(cc2cc1[C@H](c1nnnn1C1CCCCC1)N1CCc2ccccc2C1)OCO3. The molecule has 0 unspecified atom stereocenters. The molecule has 0 saturated heterocycles. The molecule has 2 aliphatic heterocycles. The van der Waals surface area contributed by atoms with Crippen molar-refractivity contribution >= 4 is 10.9 Å². The van der Waals surface area contributed by atoms with Gasteiger partial charge in [-0.05, 0) is 52.9 Å². The first kappa shape index (κ1) is 21.6. The molecule has 9 heteroatoms. The molecule has 2 aromatic heterocycles. The van der Waals surface area contributed by atoms with Gasteiger partial charge in [0.1, 0.15) is 6.04 Å². The van der Waals surface area contributed by atoms with Gasteiger partial charge in [0.2, 0.25) is 6.79 Å². The Labute approximate surface area is 208 Å². The molecule has 0 radical (unpaired) electrons. The Hall–Kier alpha value is -3.72. The van der Waals surface area contributed by atoms with Gasteiger partial charge in [-0.3, -0.25) is 9.69 Å². The van der Waals surface area contributed by atoms with Gasteiger partial charge >= 0.3 is 0 Å². The maximum Gasteiger partial charge on any atom is 0.253 e. The van der Waals surface area contributed by atoms with E-state index in [0.717, 1.165) is 49.1 Å². The fourth-order valence-corrected chi connectivity index (χ4v) is 6.02. The minimum Gasteiger partial charge on any atom is -0.454 e. The number of fused-ring (bicyclic) bond motifs is 3. The van der Waals surface area contributed by atoms with E-state index in [-0.39, 0.29) is 24.4 Å². The van der Waals surface area contributed by atoms with E-state index in [9.17, 15) is 4.79 Å². The van der Waals surface area contributed by atoms with E-state index in [0.29, 0.717) is 17.1 Å². The lowest BCUT2D eigenvalue weighted by molar-refractivity contribution is 0.174. The Morgan fingerprint density at radius 3 is 2.67 bits per heavy atom. The number of ether oxygens (including phenoxy) is 2. The monoisotopic (exact) mass is 484 g/mol. The molecule has 184 valence electrons. The van der Waals surface area contributed by atoms with Gasteiger partial charge in [-0.2, -0.15) is 0 Å². The normalized spacial score (nSPS) is 18.9. The van der Waals surface area contributed by atoms with Crippen molar-refractivity contribution in [1.82, 2.24) is 30.1 Å². The van der Waals surface area contributed by atoms with Gasteiger partial charge in [-0.25, -0.2) is 4.68 Å². The molecule has 1 saturated carbocycles. The fourth-order valence-electron chi connectivity index (χ4n) is 6.02. The molecule has 2 aromatic carbocycles. The highest BCUT2D eigenvalue weighted by Gasteiger charge is 2.34. The van der Waals surface area contributed by atoms with Gasteiger partial charge in [0.25, 0.3) is 5.56 Å². The van der Waals surface area contributed by atoms with E-state index in [1.54, 1.807) is 0 Å². The standard InChI is InChI=1S/C27H28N6O3/c34-27-21(12-19-13-23-24(36-16-35-23)14-22(19)28-27)25(32-11-10-17-6-4-5-7-18(17)15-32)26-29-30-31-33(26)20-8-2-1-3-9-20/h4-7,12-14,20,25H,1-3,8-11,15-16H2,(H,28,34)/t25-/m1/s1. The third-order valence-corrected chi connectivity index (χ3v) is 7.87. The quantitative estimate of drug-likeness (QED) is 0.469. The van der Waals surface area contributed by atoms with Gasteiger partial charge in [0, 0.05) is 30.1 Å². The summed E-state index contributed by atoms with van der Waals surface area (Å²) in [5.74, 6) is 2.08. The van der Waals surface area contributed by atoms with Crippen LogP contribution in [-0.2, 0) is 13.0 Å². The number of hydrogen-bond donors (Lipinski definition) is 1. The zero-order valence-electron chi connectivity index (χ0n) is 20.0. The van der Waals surface area contributed by atoms with Crippen LogP contribution in [0.15, 0.2) is 47.3 Å². The van der Waals surface area contributed by atoms with Crippen molar-refractivity contribution in [3.63, 3.8) is 0 Å². The van der Waals surface area contributed by atoms with E-state index >= 15 is 0 Å². The summed E-state index contributed by atoms with van der Waals surface area (Å²) in [6, 6.07) is 14.2. The predicted molar refractivity (Wildman–Crippen MR) is 133 cm³/mol. The number of H-pyrrole nitrogens is 1. The maximum atomic E-state index is 13.6. The number of tetrazole rings is 1. The van der Waals surface area contributed by atoms with Crippen LogP contribution in [0, 0.1) is 0 Å². The number of rotatable bonds is 4. The van der Waals surface area contributed by atoms with Gasteiger partial charge in [0.15, 0.2) is 17.3 Å². The van der Waals surface area contributed by atoms with E-state index in [1.807, 2.05) is 22.9 Å². The van der Waals surface area contributed by atoms with Crippen LogP contribution in [-0.4, -0.2) is 43.4 Å². The number of benzene rings is 2. The molecule has 36 heavy (non-hydrogen) atoms. The average Bonchev–Trinajstić information content (AvgIpc) is 3.58. The van der Waals surface area contributed by atoms with E-state index < -0.39 is 0 Å². The van der Waals surface area contributed by atoms with Gasteiger partial charge in [0.05, 0.1) is 11.6 Å². The molecule has 0 amide bonds. The Balaban J connectivity index is 1.37. The first-order valence-corrected chi connectivity index (χ1v) is 12.8. The minimum atomic E-state index is -0.367. The molecule has 1 N–H and O–H groups in total. The van der Waals surface area contributed by atoms with Gasteiger partial charge in [-0.1, -0.05) is 43.5 Å². The van der Waals surface area contributed by atoms with Gasteiger partial charge in [-0.15, -0.1) is 5.10 Å². The highest BCUT2D eigenvalue weighted by atomic mass is 16.7. The first-order chi connectivity index (χ1) is 17.7. The Morgan fingerprint density at radius 1 is 1.00 bits per heavy atom. The average molecular weight is 485 g/mol. The van der Waals surface area contributed by atoms with Crippen LogP contribution in [0.5, 0.6) is 11.5 Å². The molecular weight excluding hydrogens is 456 g/mol. The largest absolute Gasteiger partial charge is 0.454 e. The van der Waals surface area contributed by atoms with Crippen LogP contribution < -0.4 is 15.0 Å². The molecule has 4 heterocycles. The molecule has 0 spiro atoms. The summed E-state index contributed by atoms with van der Waals surface area (Å²) in [5, 5.41) is 14.0. The molecular formula is C27H28N6O3. The van der Waals surface area contributed by atoms with Crippen molar-refractivity contribution < 1.29 is 9.47 Å². The number of hydrogen-bond acceptors (Lipinski definition) is 7. The summed E-state index contributed by atoms with van der Waals surface area (Å²) in [4.78, 5) is 19.0. The van der Waals surface area contributed by atoms with Crippen LogP contribution in [0.3, 0.4) is 0 Å². The number of nitrogens with zero attached hydrogens (tertiary/aromatic N) is 5. The number of aromatic nitrogens is 5. The first-order valence-electron chi connectivity index (χ1n) is 12.8. The van der Waals surface area contributed by atoms with Crippen molar-refractivity contribution in [3.05, 3.63) is 75.3 Å². The number of aromatic amines is 1. The summed E-state index contributed by atoms with van der Waals surface area (Å²) in [7, 11) is 0. The molecule has 1 aliphatic carbocycles. The molecule has 1 fully saturated rings. The Bertz CT molecular complexity index is 1490. The third kappa shape index (κ3) is 3.65. The van der Waals surface area contributed by atoms with Crippen LogP contribution in [0.4, 0.5) is 0 Å². The summed E-state index contributed by atoms with van der Waals surface area (Å²) in [6.07, 6.45) is 6.64. The second-order valence-corrected chi connectivity index (χ2v) is 10.0. The van der Waals surface area contributed by atoms with Gasteiger partial charge < -0.3 is 14.5 Å². The van der Waals surface area contributed by atoms with Crippen molar-refractivity contribution in [2.45, 2.75) is 57.2 Å². The minimum absolute atomic E-state index is 0.136. The molecule has 9 nitrogen and oxygen atoms in total. The second-order valence-electron chi connectivity index (χ2n) is 10.0. The topological polar surface area (TPSA) is 98.2 Å². The summed E-state index contributed by atoms with van der Waals surface area (Å²) < 4.78 is 13.1. The smallest absolute Gasteiger partial charge is 0.253 e. The Morgan fingerprint density at radius 2 is 1.81 bits per heavy atom. The highest BCUT2D eigenvalue weighted by molar-refractivity contribution is 5.83. The van der Waals surface area contributed by atoms with Crippen molar-refractivity contribution in [2.75, 3.05) is 13.3 Å². The zero-order valence-corrected chi connectivity index (χ0v) is 20.0. The second kappa shape index (κ2) is 8.74. The third-order valence-electron chi connectivity index (χ3n) is 7.87. The van der Waals surface area contributed by atoms with Crippen molar-refractivity contribution in [3.8, 4) is 11.5 Å².